The summed E-state index contributed by atoms with van der Waals surface area (Å²) < 4.78 is 6.75. The molecule has 0 radical (unpaired) electrons. The second-order valence-corrected chi connectivity index (χ2v) is 6.80. The topological polar surface area (TPSA) is 54.6 Å². The van der Waals surface area contributed by atoms with Gasteiger partial charge >= 0.3 is 0 Å². The zero-order valence-corrected chi connectivity index (χ0v) is 14.5. The number of carbonyl (C=O) groups is 1. The van der Waals surface area contributed by atoms with Crippen LogP contribution >= 0.6 is 15.9 Å². The number of halogens is 1. The van der Waals surface area contributed by atoms with Crippen LogP contribution in [-0.4, -0.2) is 11.6 Å². The van der Waals surface area contributed by atoms with Crippen molar-refractivity contribution < 1.29 is 9.21 Å². The van der Waals surface area contributed by atoms with Crippen LogP contribution < -0.4 is 5.32 Å². The Morgan fingerprint density at radius 2 is 1.76 bits per heavy atom. The van der Waals surface area contributed by atoms with Gasteiger partial charge in [0.1, 0.15) is 16.9 Å². The van der Waals surface area contributed by atoms with E-state index in [1.54, 1.807) is 0 Å². The van der Waals surface area contributed by atoms with Crippen molar-refractivity contribution in [3.05, 3.63) is 70.7 Å². The maximum atomic E-state index is 12.3. The van der Waals surface area contributed by atoms with Gasteiger partial charge in [-0.25, -0.2) is 4.99 Å². The van der Waals surface area contributed by atoms with Crippen LogP contribution in [0, 0.1) is 0 Å². The Labute approximate surface area is 151 Å². The lowest BCUT2D eigenvalue weighted by Crippen LogP contribution is -2.13. The highest BCUT2D eigenvalue weighted by atomic mass is 79.9. The van der Waals surface area contributed by atoms with Crippen molar-refractivity contribution in [2.24, 2.45) is 4.99 Å². The highest BCUT2D eigenvalue weighted by molar-refractivity contribution is 9.10. The van der Waals surface area contributed by atoms with E-state index < -0.39 is 0 Å². The smallest absolute Gasteiger partial charge is 0.275 e. The number of carbonyl (C=O) groups excluding carboxylic acids is 1. The first-order chi connectivity index (χ1) is 12.2. The third kappa shape index (κ3) is 2.27. The summed E-state index contributed by atoms with van der Waals surface area (Å²) in [6.07, 6.45) is 0. The van der Waals surface area contributed by atoms with Gasteiger partial charge in [0, 0.05) is 20.8 Å². The van der Waals surface area contributed by atoms with Gasteiger partial charge in [-0.15, -0.1) is 0 Å². The van der Waals surface area contributed by atoms with Gasteiger partial charge in [-0.05, 0) is 42.5 Å². The van der Waals surface area contributed by atoms with Crippen molar-refractivity contribution >= 4 is 60.9 Å². The van der Waals surface area contributed by atoms with Gasteiger partial charge in [0.25, 0.3) is 5.91 Å². The van der Waals surface area contributed by atoms with Gasteiger partial charge in [-0.1, -0.05) is 34.1 Å². The van der Waals surface area contributed by atoms with Crippen molar-refractivity contribution in [1.82, 2.24) is 0 Å². The zero-order chi connectivity index (χ0) is 17.0. The minimum Gasteiger partial charge on any atom is -0.456 e. The number of rotatable bonds is 1. The monoisotopic (exact) mass is 390 g/mol. The lowest BCUT2D eigenvalue weighted by Gasteiger charge is -1.99. The molecule has 4 nitrogen and oxygen atoms in total. The van der Waals surface area contributed by atoms with Crippen molar-refractivity contribution in [1.29, 1.82) is 0 Å². The summed E-state index contributed by atoms with van der Waals surface area (Å²) in [6.45, 7) is 0. The molecule has 0 spiro atoms. The van der Waals surface area contributed by atoms with Crippen LogP contribution in [0.2, 0.25) is 0 Å². The number of amides is 1. The van der Waals surface area contributed by atoms with Crippen LogP contribution in [0.4, 0.5) is 11.4 Å². The number of nitrogens with one attached hydrogen (secondary N) is 1. The Balaban J connectivity index is 1.69. The number of furan rings is 1. The van der Waals surface area contributed by atoms with Crippen molar-refractivity contribution in [2.75, 3.05) is 5.32 Å². The van der Waals surface area contributed by atoms with Crippen LogP contribution in [0.15, 0.2) is 74.5 Å². The third-order valence-electron chi connectivity index (χ3n) is 4.30. The Morgan fingerprint density at radius 3 is 2.68 bits per heavy atom. The molecular weight excluding hydrogens is 380 g/mol. The van der Waals surface area contributed by atoms with Gasteiger partial charge in [0.2, 0.25) is 0 Å². The zero-order valence-electron chi connectivity index (χ0n) is 12.9. The van der Waals surface area contributed by atoms with Crippen LogP contribution in [0.5, 0.6) is 0 Å². The van der Waals surface area contributed by atoms with Crippen molar-refractivity contribution in [3.8, 4) is 0 Å². The normalized spacial score (nSPS) is 15.1. The molecule has 0 fully saturated rings. The fourth-order valence-corrected chi connectivity index (χ4v) is 3.51. The molecule has 0 aliphatic carbocycles. The van der Waals surface area contributed by atoms with Crippen molar-refractivity contribution in [3.63, 3.8) is 0 Å². The van der Waals surface area contributed by atoms with Gasteiger partial charge in [-0.3, -0.25) is 4.79 Å². The molecule has 1 N–H and O–H groups in total. The highest BCUT2D eigenvalue weighted by Gasteiger charge is 2.26. The van der Waals surface area contributed by atoms with E-state index >= 15 is 0 Å². The van der Waals surface area contributed by atoms with E-state index in [-0.39, 0.29) is 5.91 Å². The summed E-state index contributed by atoms with van der Waals surface area (Å²) in [5.41, 5.74) is 4.37. The van der Waals surface area contributed by atoms with Crippen LogP contribution in [0.3, 0.4) is 0 Å². The van der Waals surface area contributed by atoms with Crippen LogP contribution in [0.25, 0.3) is 21.9 Å². The number of hydrogen-bond acceptors (Lipinski definition) is 3. The largest absolute Gasteiger partial charge is 0.456 e. The Kier molecular flexibility index (Phi) is 3.05. The molecule has 0 unspecified atom stereocenters. The molecule has 25 heavy (non-hydrogen) atoms. The van der Waals surface area contributed by atoms with Gasteiger partial charge in [0.05, 0.1) is 11.4 Å². The van der Waals surface area contributed by atoms with E-state index in [0.29, 0.717) is 5.71 Å². The molecule has 4 aromatic rings. The molecule has 1 amide bonds. The number of nitrogens with zero attached hydrogens (tertiary/aromatic N) is 1. The highest BCUT2D eigenvalue weighted by Crippen LogP contribution is 2.33. The molecular formula is C20H11BrN2O2. The molecule has 0 saturated carbocycles. The van der Waals surface area contributed by atoms with Gasteiger partial charge in [0.15, 0.2) is 0 Å². The quantitative estimate of drug-likeness (QED) is 0.471. The molecule has 0 atom stereocenters. The predicted octanol–water partition coefficient (Wildman–Crippen LogP) is 5.42. The minimum absolute atomic E-state index is 0.190. The molecule has 1 aromatic heterocycles. The van der Waals surface area contributed by atoms with Crippen LogP contribution in [-0.2, 0) is 4.79 Å². The maximum Gasteiger partial charge on any atom is 0.275 e. The molecule has 120 valence electrons. The standard InChI is InChI=1S/C20H11BrN2O2/c21-11-5-7-16-15(9-11)19(20(24)23-16)22-12-6-8-18-14(10-12)13-3-1-2-4-17(13)25-18/h1-10H,(H,22,23,24). The summed E-state index contributed by atoms with van der Waals surface area (Å²) in [7, 11) is 0. The van der Waals surface area contributed by atoms with E-state index in [1.165, 1.54) is 0 Å². The molecule has 5 heteroatoms. The average molecular weight is 391 g/mol. The van der Waals surface area contributed by atoms with E-state index in [4.69, 9.17) is 4.42 Å². The number of benzene rings is 3. The van der Waals surface area contributed by atoms with E-state index in [2.05, 4.69) is 26.2 Å². The molecule has 2 heterocycles. The number of para-hydroxylation sites is 1. The first-order valence-corrected chi connectivity index (χ1v) is 8.59. The summed E-state index contributed by atoms with van der Waals surface area (Å²) >= 11 is 3.45. The van der Waals surface area contributed by atoms with Crippen molar-refractivity contribution in [2.45, 2.75) is 0 Å². The van der Waals surface area contributed by atoms with E-state index in [9.17, 15) is 4.79 Å². The van der Waals surface area contributed by atoms with Gasteiger partial charge < -0.3 is 9.73 Å². The first kappa shape index (κ1) is 14.4. The summed E-state index contributed by atoms with van der Waals surface area (Å²) in [6, 6.07) is 19.3. The second-order valence-electron chi connectivity index (χ2n) is 5.88. The summed E-state index contributed by atoms with van der Waals surface area (Å²) in [4.78, 5) is 16.9. The molecule has 0 bridgehead atoms. The second kappa shape index (κ2) is 5.29. The maximum absolute atomic E-state index is 12.3. The molecule has 5 rings (SSSR count). The minimum atomic E-state index is -0.190. The fourth-order valence-electron chi connectivity index (χ4n) is 3.15. The lowest BCUT2D eigenvalue weighted by molar-refractivity contribution is -0.110. The Hall–Kier alpha value is -2.92. The number of anilines is 1. The number of fused-ring (bicyclic) bond motifs is 4. The van der Waals surface area contributed by atoms with Crippen LogP contribution in [0.1, 0.15) is 5.56 Å². The number of aliphatic imine (C=N–C) groups is 1. The summed E-state index contributed by atoms with van der Waals surface area (Å²) in [5.74, 6) is -0.190. The molecule has 1 aliphatic heterocycles. The molecule has 1 aliphatic rings. The summed E-state index contributed by atoms with van der Waals surface area (Å²) in [5, 5.41) is 4.88. The first-order valence-electron chi connectivity index (χ1n) is 7.80. The fraction of sp³-hybridized carbons (Fsp3) is 0. The Morgan fingerprint density at radius 1 is 0.920 bits per heavy atom. The van der Waals surface area contributed by atoms with E-state index in [1.807, 2.05) is 60.7 Å². The third-order valence-corrected chi connectivity index (χ3v) is 4.79. The van der Waals surface area contributed by atoms with E-state index in [0.717, 1.165) is 43.3 Å². The van der Waals surface area contributed by atoms with Gasteiger partial charge in [-0.2, -0.15) is 0 Å². The Bertz CT molecular complexity index is 1210. The lowest BCUT2D eigenvalue weighted by atomic mass is 10.1. The number of hydrogen-bond donors (Lipinski definition) is 1. The molecule has 3 aromatic carbocycles. The average Bonchev–Trinajstić information content (AvgIpc) is 3.13. The predicted molar refractivity (Wildman–Crippen MR) is 103 cm³/mol. The SMILES string of the molecule is O=C1Nc2ccc(Br)cc2C1=Nc1ccc2oc3ccccc3c2c1. The molecule has 0 saturated heterocycles.